The average Bonchev–Trinajstić information content (AvgIpc) is 3.31. The van der Waals surface area contributed by atoms with E-state index in [1.54, 1.807) is 6.20 Å². The van der Waals surface area contributed by atoms with E-state index in [0.29, 0.717) is 24.0 Å². The molecule has 3 aromatic carbocycles. The van der Waals surface area contributed by atoms with E-state index < -0.39 is 0 Å². The number of benzene rings is 3. The van der Waals surface area contributed by atoms with Gasteiger partial charge in [0.05, 0.1) is 0 Å². The summed E-state index contributed by atoms with van der Waals surface area (Å²) < 4.78 is 11.8. The van der Waals surface area contributed by atoms with E-state index in [1.807, 2.05) is 72.8 Å². The van der Waals surface area contributed by atoms with Gasteiger partial charge < -0.3 is 14.5 Å². The van der Waals surface area contributed by atoms with Crippen LogP contribution >= 0.6 is 0 Å². The van der Waals surface area contributed by atoms with Crippen LogP contribution in [0.2, 0.25) is 0 Å². The molecule has 4 nitrogen and oxygen atoms in total. The number of rotatable bonds is 5. The molecule has 0 saturated heterocycles. The fourth-order valence-electron chi connectivity index (χ4n) is 3.30. The minimum atomic E-state index is 0. The molecule has 5 rings (SSSR count). The fourth-order valence-corrected chi connectivity index (χ4v) is 3.30. The maximum atomic E-state index is 6.00. The molecule has 0 saturated carbocycles. The Balaban J connectivity index is 0.00000231. The summed E-state index contributed by atoms with van der Waals surface area (Å²) >= 11 is 0. The minimum Gasteiger partial charge on any atom is -0.518 e. The molecule has 1 aromatic heterocycles. The Morgan fingerprint density at radius 3 is 2.23 bits per heavy atom. The van der Waals surface area contributed by atoms with Gasteiger partial charge in [0.15, 0.2) is 0 Å². The van der Waals surface area contributed by atoms with Crippen molar-refractivity contribution in [2.45, 2.75) is 6.04 Å². The monoisotopic (exact) mass is 585 g/mol. The quantitative estimate of drug-likeness (QED) is 0.284. The first-order valence-corrected chi connectivity index (χ1v) is 9.75. The molecule has 1 aliphatic heterocycles. The van der Waals surface area contributed by atoms with E-state index >= 15 is 0 Å². The Kier molecular flexibility index (Phi) is 6.59. The topological polar surface area (TPSA) is 43.7 Å². The number of aromatic nitrogens is 1. The summed E-state index contributed by atoms with van der Waals surface area (Å²) in [5.41, 5.74) is 3.63. The van der Waals surface area contributed by atoms with Crippen molar-refractivity contribution < 1.29 is 30.5 Å². The standard InChI is InChI=1S/C26H18N2O2.Pt/c1-2-8-19(9-3-1)25-18-29-26(28-25)21-11-7-13-23(17-21)30-22-12-6-10-20(16-22)24-14-4-5-15-27-24;/h1-15,25H,18H2;/q-2;+2/t25-;/m0./s1. The molecule has 0 N–H and O–H groups in total. The third-order valence-electron chi connectivity index (χ3n) is 4.76. The predicted octanol–water partition coefficient (Wildman–Crippen LogP) is 5.66. The second-order valence-corrected chi connectivity index (χ2v) is 6.85. The van der Waals surface area contributed by atoms with E-state index in [1.165, 1.54) is 0 Å². The molecule has 0 fully saturated rings. The minimum absolute atomic E-state index is 0. The van der Waals surface area contributed by atoms with Gasteiger partial charge in [0.1, 0.15) is 18.5 Å². The summed E-state index contributed by atoms with van der Waals surface area (Å²) in [6, 6.07) is 33.9. The van der Waals surface area contributed by atoms with E-state index in [-0.39, 0.29) is 27.1 Å². The summed E-state index contributed by atoms with van der Waals surface area (Å²) in [5.74, 6) is 1.76. The van der Waals surface area contributed by atoms with Crippen molar-refractivity contribution in [3.63, 3.8) is 0 Å². The summed E-state index contributed by atoms with van der Waals surface area (Å²) in [4.78, 5) is 9.09. The smallest absolute Gasteiger partial charge is 0.518 e. The van der Waals surface area contributed by atoms with Crippen LogP contribution in [0.5, 0.6) is 11.5 Å². The first-order chi connectivity index (χ1) is 14.8. The van der Waals surface area contributed by atoms with Gasteiger partial charge in [0, 0.05) is 17.7 Å². The summed E-state index contributed by atoms with van der Waals surface area (Å²) in [6.45, 7) is 0.526. The molecule has 31 heavy (non-hydrogen) atoms. The van der Waals surface area contributed by atoms with E-state index in [9.17, 15) is 0 Å². The van der Waals surface area contributed by atoms with Crippen molar-refractivity contribution in [2.75, 3.05) is 6.61 Å². The molecule has 1 aliphatic rings. The second kappa shape index (κ2) is 9.72. The third-order valence-corrected chi connectivity index (χ3v) is 4.76. The van der Waals surface area contributed by atoms with Gasteiger partial charge in [0.25, 0.3) is 0 Å². The van der Waals surface area contributed by atoms with Crippen LogP contribution in [0.3, 0.4) is 0 Å². The first kappa shape index (κ1) is 21.0. The van der Waals surface area contributed by atoms with Crippen LogP contribution in [0.1, 0.15) is 17.2 Å². The summed E-state index contributed by atoms with van der Waals surface area (Å²) in [6.07, 6.45) is 1.76. The number of hydrogen-bond donors (Lipinski definition) is 0. The number of hydrogen-bond acceptors (Lipinski definition) is 4. The fraction of sp³-hybridized carbons (Fsp3) is 0.0769. The molecule has 154 valence electrons. The molecule has 0 amide bonds. The number of nitrogens with zero attached hydrogens (tertiary/aromatic N) is 2. The van der Waals surface area contributed by atoms with Gasteiger partial charge in [-0.2, -0.15) is 0 Å². The number of aliphatic imine (C=N–C) groups is 1. The normalized spacial score (nSPS) is 14.8. The van der Waals surface area contributed by atoms with Gasteiger partial charge >= 0.3 is 21.1 Å². The van der Waals surface area contributed by atoms with Crippen LogP contribution in [-0.2, 0) is 25.8 Å². The maximum absolute atomic E-state index is 6.00. The maximum Gasteiger partial charge on any atom is 2.00 e. The van der Waals surface area contributed by atoms with Crippen LogP contribution in [0.15, 0.2) is 96.1 Å². The van der Waals surface area contributed by atoms with Gasteiger partial charge in [-0.3, -0.25) is 4.99 Å². The van der Waals surface area contributed by atoms with Gasteiger partial charge in [-0.25, -0.2) is 0 Å². The Morgan fingerprint density at radius 1 is 0.774 bits per heavy atom. The van der Waals surface area contributed by atoms with Gasteiger partial charge in [-0.1, -0.05) is 60.2 Å². The predicted molar refractivity (Wildman–Crippen MR) is 116 cm³/mol. The van der Waals surface area contributed by atoms with Crippen LogP contribution in [0.4, 0.5) is 0 Å². The van der Waals surface area contributed by atoms with Crippen molar-refractivity contribution in [3.05, 3.63) is 114 Å². The average molecular weight is 586 g/mol. The van der Waals surface area contributed by atoms with Crippen molar-refractivity contribution in [3.8, 4) is 22.8 Å². The molecular weight excluding hydrogens is 567 g/mol. The molecule has 0 unspecified atom stereocenters. The Morgan fingerprint density at radius 2 is 1.48 bits per heavy atom. The van der Waals surface area contributed by atoms with Crippen LogP contribution in [0, 0.1) is 12.1 Å². The zero-order valence-corrected chi connectivity index (χ0v) is 18.7. The van der Waals surface area contributed by atoms with E-state index in [2.05, 4.69) is 29.2 Å². The zero-order valence-electron chi connectivity index (χ0n) is 16.5. The van der Waals surface area contributed by atoms with Gasteiger partial charge in [0.2, 0.25) is 0 Å². The molecule has 0 spiro atoms. The summed E-state index contributed by atoms with van der Waals surface area (Å²) in [7, 11) is 0. The molecule has 1 atom stereocenters. The second-order valence-electron chi connectivity index (χ2n) is 6.85. The molecular formula is C26H18N2O2Pt. The SMILES string of the molecule is [Pt+2].[c-]1c(Oc2[c-]c(-c3ccccn3)ccc2)cccc1C1=N[C@H](c2ccccc2)CO1. The molecule has 2 heterocycles. The molecule has 4 aromatic rings. The zero-order chi connectivity index (χ0) is 20.2. The van der Waals surface area contributed by atoms with Crippen LogP contribution in [0.25, 0.3) is 11.3 Å². The van der Waals surface area contributed by atoms with Crippen molar-refractivity contribution in [2.24, 2.45) is 4.99 Å². The molecule has 0 aliphatic carbocycles. The molecule has 0 bridgehead atoms. The van der Waals surface area contributed by atoms with E-state index in [4.69, 9.17) is 14.5 Å². The molecule has 0 radical (unpaired) electrons. The number of pyridine rings is 1. The van der Waals surface area contributed by atoms with E-state index in [0.717, 1.165) is 22.4 Å². The van der Waals surface area contributed by atoms with Gasteiger partial charge in [-0.05, 0) is 17.3 Å². The van der Waals surface area contributed by atoms with Crippen molar-refractivity contribution in [1.82, 2.24) is 4.98 Å². The molecule has 5 heteroatoms. The van der Waals surface area contributed by atoms with Crippen LogP contribution in [-0.4, -0.2) is 17.5 Å². The Bertz CT molecular complexity index is 1180. The largest absolute Gasteiger partial charge is 2.00 e. The summed E-state index contributed by atoms with van der Waals surface area (Å²) in [5, 5.41) is 0. The van der Waals surface area contributed by atoms with Gasteiger partial charge in [-0.15, -0.1) is 42.0 Å². The first-order valence-electron chi connectivity index (χ1n) is 9.75. The third kappa shape index (κ3) is 4.92. The van der Waals surface area contributed by atoms with Crippen molar-refractivity contribution in [1.29, 1.82) is 0 Å². The van der Waals surface area contributed by atoms with Crippen LogP contribution < -0.4 is 4.74 Å². The van der Waals surface area contributed by atoms with Crippen molar-refractivity contribution >= 4 is 5.90 Å². The Hall–Kier alpha value is -3.23. The number of ether oxygens (including phenoxy) is 2. The Labute approximate surface area is 195 Å².